The van der Waals surface area contributed by atoms with Crippen LogP contribution in [0.3, 0.4) is 0 Å². The Morgan fingerprint density at radius 1 is 1.12 bits per heavy atom. The van der Waals surface area contributed by atoms with Gasteiger partial charge in [-0.2, -0.15) is 0 Å². The number of rotatable bonds is 1. The summed E-state index contributed by atoms with van der Waals surface area (Å²) >= 11 is 0. The molecule has 0 saturated carbocycles. The number of benzene rings is 1. The molecule has 6 heteroatoms. The second-order valence-corrected chi connectivity index (χ2v) is 4.55. The van der Waals surface area contributed by atoms with Crippen molar-refractivity contribution in [2.24, 2.45) is 0 Å². The Kier molecular flexibility index (Phi) is 3.65. The number of halogens is 3. The lowest BCUT2D eigenvalue weighted by Crippen LogP contribution is -2.43. The summed E-state index contributed by atoms with van der Waals surface area (Å²) in [4.78, 5) is 11.4. The molecule has 94 valence electrons. The van der Waals surface area contributed by atoms with Crippen LogP contribution in [0.1, 0.15) is 20.8 Å². The topological polar surface area (TPSA) is 41.1 Å². The Balaban J connectivity index is 2.83. The van der Waals surface area contributed by atoms with Gasteiger partial charge in [-0.25, -0.2) is 18.0 Å². The van der Waals surface area contributed by atoms with E-state index in [4.69, 9.17) is 0 Å². The van der Waals surface area contributed by atoms with E-state index in [1.807, 2.05) is 0 Å². The molecule has 17 heavy (non-hydrogen) atoms. The molecule has 2 amide bonds. The first-order valence-corrected chi connectivity index (χ1v) is 4.93. The predicted molar refractivity (Wildman–Crippen MR) is 58.2 cm³/mol. The van der Waals surface area contributed by atoms with Crippen LogP contribution < -0.4 is 10.6 Å². The third kappa shape index (κ3) is 3.65. The van der Waals surface area contributed by atoms with Crippen LogP contribution in [0.2, 0.25) is 0 Å². The van der Waals surface area contributed by atoms with E-state index in [-0.39, 0.29) is 0 Å². The summed E-state index contributed by atoms with van der Waals surface area (Å²) in [6.45, 7) is 5.19. The molecule has 0 saturated heterocycles. The summed E-state index contributed by atoms with van der Waals surface area (Å²) in [5.41, 5.74) is -0.926. The summed E-state index contributed by atoms with van der Waals surface area (Å²) in [7, 11) is 0. The second kappa shape index (κ2) is 4.65. The van der Waals surface area contributed by atoms with Gasteiger partial charge in [0.25, 0.3) is 0 Å². The number of nitrogens with one attached hydrogen (secondary N) is 2. The third-order valence-electron chi connectivity index (χ3n) is 1.77. The molecule has 0 aliphatic carbocycles. The van der Waals surface area contributed by atoms with Gasteiger partial charge in [0.05, 0.1) is 5.69 Å². The zero-order valence-electron chi connectivity index (χ0n) is 9.70. The number of carbonyl (C=O) groups excluding carboxylic acids is 1. The van der Waals surface area contributed by atoms with Gasteiger partial charge in [-0.05, 0) is 32.9 Å². The number of hydrogen-bond donors (Lipinski definition) is 2. The van der Waals surface area contributed by atoms with Gasteiger partial charge in [0, 0.05) is 5.54 Å². The first-order chi connectivity index (χ1) is 7.70. The molecular weight excluding hydrogens is 233 g/mol. The van der Waals surface area contributed by atoms with Crippen molar-refractivity contribution in [3.8, 4) is 0 Å². The lowest BCUT2D eigenvalue weighted by molar-refractivity contribution is 0.243. The Labute approximate surface area is 97.0 Å². The largest absolute Gasteiger partial charge is 0.333 e. The molecule has 1 aromatic rings. The smallest absolute Gasteiger partial charge is 0.319 e. The molecule has 0 spiro atoms. The Morgan fingerprint density at radius 3 is 2.24 bits per heavy atom. The number of amides is 2. The minimum absolute atomic E-state index is 0.411. The molecule has 0 radical (unpaired) electrons. The van der Waals surface area contributed by atoms with Crippen LogP contribution in [-0.2, 0) is 0 Å². The molecular formula is C11H13F3N2O. The van der Waals surface area contributed by atoms with E-state index in [1.165, 1.54) is 0 Å². The lowest BCUT2D eigenvalue weighted by atomic mass is 10.1. The van der Waals surface area contributed by atoms with Gasteiger partial charge in [-0.1, -0.05) is 0 Å². The van der Waals surface area contributed by atoms with Crippen LogP contribution in [0.15, 0.2) is 12.1 Å². The van der Waals surface area contributed by atoms with E-state index in [1.54, 1.807) is 20.8 Å². The van der Waals surface area contributed by atoms with Gasteiger partial charge in [0.1, 0.15) is 0 Å². The van der Waals surface area contributed by atoms with Gasteiger partial charge in [-0.15, -0.1) is 0 Å². The van der Waals surface area contributed by atoms with Gasteiger partial charge < -0.3 is 10.6 Å². The third-order valence-corrected chi connectivity index (χ3v) is 1.77. The minimum atomic E-state index is -1.61. The summed E-state index contributed by atoms with van der Waals surface area (Å²) in [5, 5.41) is 4.60. The fraction of sp³-hybridized carbons (Fsp3) is 0.364. The van der Waals surface area contributed by atoms with Crippen LogP contribution in [0.4, 0.5) is 23.7 Å². The molecule has 0 aromatic heterocycles. The SMILES string of the molecule is CC(C)(C)NC(=O)Nc1ccc(F)c(F)c1F. The molecule has 0 aliphatic rings. The van der Waals surface area contributed by atoms with Crippen molar-refractivity contribution in [1.29, 1.82) is 0 Å². The standard InChI is InChI=1S/C11H13F3N2O/c1-11(2,3)16-10(17)15-7-5-4-6(12)8(13)9(7)14/h4-5H,1-3H3,(H2,15,16,17). The molecule has 0 heterocycles. The summed E-state index contributed by atoms with van der Waals surface area (Å²) < 4.78 is 38.7. The minimum Gasteiger partial charge on any atom is -0.333 e. The second-order valence-electron chi connectivity index (χ2n) is 4.55. The van der Waals surface area contributed by atoms with E-state index in [0.717, 1.165) is 12.1 Å². The zero-order valence-corrected chi connectivity index (χ0v) is 9.70. The molecule has 1 aromatic carbocycles. The lowest BCUT2D eigenvalue weighted by Gasteiger charge is -2.20. The fourth-order valence-corrected chi connectivity index (χ4v) is 1.12. The zero-order chi connectivity index (χ0) is 13.2. The summed E-state index contributed by atoms with van der Waals surface area (Å²) in [5.74, 6) is -4.34. The van der Waals surface area contributed by atoms with Crippen molar-refractivity contribution >= 4 is 11.7 Å². The van der Waals surface area contributed by atoms with E-state index >= 15 is 0 Å². The number of urea groups is 1. The molecule has 0 fully saturated rings. The maximum absolute atomic E-state index is 13.2. The van der Waals surface area contributed by atoms with Gasteiger partial charge >= 0.3 is 6.03 Å². The number of anilines is 1. The summed E-state index contributed by atoms with van der Waals surface area (Å²) in [6.07, 6.45) is 0. The molecule has 0 atom stereocenters. The Bertz CT molecular complexity index is 441. The quantitative estimate of drug-likeness (QED) is 0.735. The van der Waals surface area contributed by atoms with E-state index in [9.17, 15) is 18.0 Å². The first kappa shape index (κ1) is 13.3. The molecule has 2 N–H and O–H groups in total. The molecule has 3 nitrogen and oxygen atoms in total. The van der Waals surface area contributed by atoms with Crippen LogP contribution in [0.25, 0.3) is 0 Å². The number of hydrogen-bond acceptors (Lipinski definition) is 1. The molecule has 1 rings (SSSR count). The molecule has 0 unspecified atom stereocenters. The van der Waals surface area contributed by atoms with Crippen molar-refractivity contribution in [2.45, 2.75) is 26.3 Å². The maximum atomic E-state index is 13.2. The van der Waals surface area contributed by atoms with Crippen LogP contribution in [0, 0.1) is 17.5 Å². The fourth-order valence-electron chi connectivity index (χ4n) is 1.12. The normalized spacial score (nSPS) is 11.2. The predicted octanol–water partition coefficient (Wildman–Crippen LogP) is 3.02. The molecule has 0 aliphatic heterocycles. The first-order valence-electron chi connectivity index (χ1n) is 4.93. The maximum Gasteiger partial charge on any atom is 0.319 e. The van der Waals surface area contributed by atoms with Crippen LogP contribution in [-0.4, -0.2) is 11.6 Å². The van der Waals surface area contributed by atoms with Crippen molar-refractivity contribution in [3.05, 3.63) is 29.6 Å². The van der Waals surface area contributed by atoms with Crippen LogP contribution in [0.5, 0.6) is 0 Å². The van der Waals surface area contributed by atoms with E-state index in [0.29, 0.717) is 0 Å². The summed E-state index contributed by atoms with van der Waals surface area (Å²) in [6, 6.07) is 1.00. The van der Waals surface area contributed by atoms with Gasteiger partial charge in [0.2, 0.25) is 0 Å². The highest BCUT2D eigenvalue weighted by Crippen LogP contribution is 2.19. The van der Waals surface area contributed by atoms with E-state index in [2.05, 4.69) is 10.6 Å². The van der Waals surface area contributed by atoms with Crippen molar-refractivity contribution < 1.29 is 18.0 Å². The number of carbonyl (C=O) groups is 1. The Morgan fingerprint density at radius 2 is 1.71 bits per heavy atom. The van der Waals surface area contributed by atoms with Crippen LogP contribution >= 0.6 is 0 Å². The average Bonchev–Trinajstić information content (AvgIpc) is 2.16. The van der Waals surface area contributed by atoms with Crippen molar-refractivity contribution in [2.75, 3.05) is 5.32 Å². The Hall–Kier alpha value is -1.72. The highest BCUT2D eigenvalue weighted by molar-refractivity contribution is 5.89. The molecule has 0 bridgehead atoms. The van der Waals surface area contributed by atoms with Gasteiger partial charge in [-0.3, -0.25) is 0 Å². The highest BCUT2D eigenvalue weighted by atomic mass is 19.2. The van der Waals surface area contributed by atoms with Gasteiger partial charge in [0.15, 0.2) is 17.5 Å². The van der Waals surface area contributed by atoms with Crippen molar-refractivity contribution in [3.63, 3.8) is 0 Å². The highest BCUT2D eigenvalue weighted by Gasteiger charge is 2.17. The van der Waals surface area contributed by atoms with E-state index < -0.39 is 34.7 Å². The van der Waals surface area contributed by atoms with Crippen molar-refractivity contribution in [1.82, 2.24) is 5.32 Å². The average molecular weight is 246 g/mol. The monoisotopic (exact) mass is 246 g/mol.